The average Bonchev–Trinajstić information content (AvgIpc) is 3.00. The first-order chi connectivity index (χ1) is 12.2. The van der Waals surface area contributed by atoms with E-state index in [1.165, 1.54) is 6.20 Å². The number of rotatable bonds is 4. The summed E-state index contributed by atoms with van der Waals surface area (Å²) in [5.74, 6) is 0.170. The van der Waals surface area contributed by atoms with Gasteiger partial charge in [0, 0.05) is 25.2 Å². The van der Waals surface area contributed by atoms with Crippen molar-refractivity contribution in [3.8, 4) is 11.9 Å². The van der Waals surface area contributed by atoms with Gasteiger partial charge in [0.25, 0.3) is 0 Å². The molecule has 140 valence electrons. The Morgan fingerprint density at radius 2 is 2.19 bits per heavy atom. The van der Waals surface area contributed by atoms with E-state index in [2.05, 4.69) is 10.3 Å². The van der Waals surface area contributed by atoms with E-state index in [0.717, 1.165) is 0 Å². The molecule has 1 N–H and O–H groups in total. The summed E-state index contributed by atoms with van der Waals surface area (Å²) >= 11 is 0. The first-order valence-electron chi connectivity index (χ1n) is 8.49. The van der Waals surface area contributed by atoms with Gasteiger partial charge in [0.1, 0.15) is 17.7 Å². The van der Waals surface area contributed by atoms with Gasteiger partial charge in [-0.2, -0.15) is 5.26 Å². The van der Waals surface area contributed by atoms with Gasteiger partial charge in [-0.3, -0.25) is 4.79 Å². The molecule has 1 aromatic heterocycles. The average molecular weight is 360 g/mol. The Hall–Kier alpha value is -2.82. The molecule has 2 heterocycles. The van der Waals surface area contributed by atoms with Crippen LogP contribution in [0.25, 0.3) is 0 Å². The molecule has 0 aromatic carbocycles. The largest absolute Gasteiger partial charge is 0.472 e. The predicted octanol–water partition coefficient (Wildman–Crippen LogP) is 1.85. The number of nitriles is 1. The van der Waals surface area contributed by atoms with Crippen LogP contribution in [-0.2, 0) is 9.53 Å². The predicted molar refractivity (Wildman–Crippen MR) is 93.4 cm³/mol. The Labute approximate surface area is 153 Å². The van der Waals surface area contributed by atoms with Crippen molar-refractivity contribution in [2.75, 3.05) is 13.1 Å². The maximum absolute atomic E-state index is 12.5. The molecule has 2 atom stereocenters. The number of carbonyl (C=O) groups is 2. The van der Waals surface area contributed by atoms with E-state index in [1.807, 2.05) is 6.07 Å². The van der Waals surface area contributed by atoms with E-state index in [0.29, 0.717) is 31.0 Å². The lowest BCUT2D eigenvalue weighted by Crippen LogP contribution is -2.47. The van der Waals surface area contributed by atoms with Gasteiger partial charge in [0.2, 0.25) is 11.8 Å². The smallest absolute Gasteiger partial charge is 0.408 e. The van der Waals surface area contributed by atoms with Crippen molar-refractivity contribution in [3.05, 3.63) is 23.9 Å². The Balaban J connectivity index is 1.86. The van der Waals surface area contributed by atoms with E-state index in [9.17, 15) is 9.59 Å². The van der Waals surface area contributed by atoms with Crippen molar-refractivity contribution < 1.29 is 19.1 Å². The second kappa shape index (κ2) is 8.04. The Kier molecular flexibility index (Phi) is 6.03. The number of ether oxygens (including phenoxy) is 2. The van der Waals surface area contributed by atoms with Crippen LogP contribution < -0.4 is 10.1 Å². The number of carbonyl (C=O) groups excluding carboxylic acids is 2. The third kappa shape index (κ3) is 5.62. The minimum absolute atomic E-state index is 0.194. The van der Waals surface area contributed by atoms with Crippen molar-refractivity contribution >= 4 is 12.0 Å². The van der Waals surface area contributed by atoms with E-state index in [1.54, 1.807) is 44.7 Å². The van der Waals surface area contributed by atoms with Crippen LogP contribution in [0.1, 0.15) is 39.7 Å². The van der Waals surface area contributed by atoms with Crippen molar-refractivity contribution in [2.45, 2.75) is 51.9 Å². The van der Waals surface area contributed by atoms with E-state index in [-0.39, 0.29) is 12.0 Å². The van der Waals surface area contributed by atoms with Crippen molar-refractivity contribution in [1.82, 2.24) is 15.2 Å². The number of alkyl carbamates (subject to hydrolysis) is 1. The molecule has 26 heavy (non-hydrogen) atoms. The Bertz CT molecular complexity index is 708. The molecule has 2 amide bonds. The van der Waals surface area contributed by atoms with Crippen molar-refractivity contribution in [1.29, 1.82) is 5.26 Å². The fraction of sp³-hybridized carbons (Fsp3) is 0.556. The highest BCUT2D eigenvalue weighted by Crippen LogP contribution is 2.18. The number of hydrogen-bond donors (Lipinski definition) is 1. The summed E-state index contributed by atoms with van der Waals surface area (Å²) in [6.45, 7) is 7.84. The summed E-state index contributed by atoms with van der Waals surface area (Å²) in [6, 6.07) is 4.51. The molecule has 1 aliphatic heterocycles. The topological polar surface area (TPSA) is 105 Å². The summed E-state index contributed by atoms with van der Waals surface area (Å²) in [5, 5.41) is 11.5. The van der Waals surface area contributed by atoms with Crippen LogP contribution in [-0.4, -0.2) is 52.7 Å². The van der Waals surface area contributed by atoms with Crippen LogP contribution in [0, 0.1) is 11.3 Å². The number of pyridine rings is 1. The molecule has 8 heteroatoms. The molecule has 1 aromatic rings. The molecule has 8 nitrogen and oxygen atoms in total. The molecular formula is C18H24N4O4. The second-order valence-electron chi connectivity index (χ2n) is 7.18. The van der Waals surface area contributed by atoms with E-state index >= 15 is 0 Å². The van der Waals surface area contributed by atoms with Crippen LogP contribution in [0.2, 0.25) is 0 Å². The normalized spacial score (nSPS) is 18.0. The minimum Gasteiger partial charge on any atom is -0.472 e. The zero-order valence-electron chi connectivity index (χ0n) is 15.5. The SMILES string of the molecule is CC(NC(=O)OC(C)(C)C)C(=O)N1CCC(Oc2cc(C#N)ccn2)C1. The standard InChI is InChI=1S/C18H24N4O4/c1-12(21-17(24)26-18(2,3)4)16(23)22-8-6-14(11-22)25-15-9-13(10-19)5-7-20-15/h5,7,9,12,14H,6,8,11H2,1-4H3,(H,21,24). The first kappa shape index (κ1) is 19.5. The monoisotopic (exact) mass is 360 g/mol. The van der Waals surface area contributed by atoms with Crippen LogP contribution in [0.4, 0.5) is 4.79 Å². The summed E-state index contributed by atoms with van der Waals surface area (Å²) < 4.78 is 10.9. The fourth-order valence-corrected chi connectivity index (χ4v) is 2.56. The molecule has 0 spiro atoms. The van der Waals surface area contributed by atoms with Crippen LogP contribution in [0.3, 0.4) is 0 Å². The first-order valence-corrected chi connectivity index (χ1v) is 8.49. The summed E-state index contributed by atoms with van der Waals surface area (Å²) in [6.07, 6.45) is 1.35. The van der Waals surface area contributed by atoms with E-state index in [4.69, 9.17) is 14.7 Å². The van der Waals surface area contributed by atoms with Gasteiger partial charge in [0.15, 0.2) is 0 Å². The Morgan fingerprint density at radius 3 is 2.85 bits per heavy atom. The molecule has 0 aliphatic carbocycles. The maximum Gasteiger partial charge on any atom is 0.408 e. The van der Waals surface area contributed by atoms with E-state index < -0.39 is 17.7 Å². The molecule has 2 unspecified atom stereocenters. The number of aromatic nitrogens is 1. The summed E-state index contributed by atoms with van der Waals surface area (Å²) in [5.41, 5.74) is -0.152. The minimum atomic E-state index is -0.691. The molecular weight excluding hydrogens is 336 g/mol. The zero-order chi connectivity index (χ0) is 19.3. The molecule has 2 rings (SSSR count). The molecule has 1 aliphatic rings. The third-order valence-electron chi connectivity index (χ3n) is 3.71. The lowest BCUT2D eigenvalue weighted by molar-refractivity contribution is -0.132. The lowest BCUT2D eigenvalue weighted by Gasteiger charge is -2.24. The van der Waals surface area contributed by atoms with Gasteiger partial charge >= 0.3 is 6.09 Å². The number of hydrogen-bond acceptors (Lipinski definition) is 6. The number of nitrogens with zero attached hydrogens (tertiary/aromatic N) is 3. The molecule has 0 bridgehead atoms. The quantitative estimate of drug-likeness (QED) is 0.878. The Morgan fingerprint density at radius 1 is 1.46 bits per heavy atom. The number of nitrogens with one attached hydrogen (secondary N) is 1. The second-order valence-corrected chi connectivity index (χ2v) is 7.18. The zero-order valence-corrected chi connectivity index (χ0v) is 15.5. The van der Waals surface area contributed by atoms with Gasteiger partial charge in [-0.05, 0) is 33.8 Å². The number of amides is 2. The van der Waals surface area contributed by atoms with Crippen molar-refractivity contribution in [3.63, 3.8) is 0 Å². The van der Waals surface area contributed by atoms with Gasteiger partial charge < -0.3 is 19.7 Å². The van der Waals surface area contributed by atoms with Crippen LogP contribution in [0.5, 0.6) is 5.88 Å². The highest BCUT2D eigenvalue weighted by Gasteiger charge is 2.31. The third-order valence-corrected chi connectivity index (χ3v) is 3.71. The molecule has 1 fully saturated rings. The van der Waals surface area contributed by atoms with Gasteiger partial charge in [0.05, 0.1) is 18.2 Å². The van der Waals surface area contributed by atoms with Gasteiger partial charge in [-0.1, -0.05) is 0 Å². The van der Waals surface area contributed by atoms with Gasteiger partial charge in [-0.15, -0.1) is 0 Å². The van der Waals surface area contributed by atoms with Gasteiger partial charge in [-0.25, -0.2) is 9.78 Å². The summed E-state index contributed by atoms with van der Waals surface area (Å²) in [4.78, 5) is 30.0. The molecule has 1 saturated heterocycles. The fourth-order valence-electron chi connectivity index (χ4n) is 2.56. The maximum atomic E-state index is 12.5. The number of likely N-dealkylation sites (tertiary alicyclic amines) is 1. The molecule has 0 saturated carbocycles. The van der Waals surface area contributed by atoms with Crippen molar-refractivity contribution in [2.24, 2.45) is 0 Å². The van der Waals surface area contributed by atoms with Crippen LogP contribution >= 0.6 is 0 Å². The van der Waals surface area contributed by atoms with Crippen LogP contribution in [0.15, 0.2) is 18.3 Å². The highest BCUT2D eigenvalue weighted by molar-refractivity contribution is 5.85. The highest BCUT2D eigenvalue weighted by atomic mass is 16.6. The summed E-state index contributed by atoms with van der Waals surface area (Å²) in [7, 11) is 0. The molecule has 0 radical (unpaired) electrons. The lowest BCUT2D eigenvalue weighted by atomic mass is 10.2.